The molecule has 0 bridgehead atoms. The molecule has 0 saturated carbocycles. The Balaban J connectivity index is 3.13. The molecule has 1 rings (SSSR count). The predicted octanol–water partition coefficient (Wildman–Crippen LogP) is -0.0183. The Morgan fingerprint density at radius 1 is 1.57 bits per heavy atom. The quantitative estimate of drug-likeness (QED) is 0.411. The van der Waals surface area contributed by atoms with Crippen molar-refractivity contribution in [3.8, 4) is 0 Å². The molecule has 4 nitrogen and oxygen atoms in total. The van der Waals surface area contributed by atoms with Crippen molar-refractivity contribution in [3.05, 3.63) is 23.8 Å². The fourth-order valence-electron chi connectivity index (χ4n) is 1.05. The summed E-state index contributed by atoms with van der Waals surface area (Å²) in [5.41, 5.74) is 6.50. The van der Waals surface area contributed by atoms with Crippen molar-refractivity contribution < 1.29 is 14.6 Å². The van der Waals surface area contributed by atoms with Crippen LogP contribution in [0.5, 0.6) is 0 Å². The Kier molecular flexibility index (Phi) is 3.38. The third-order valence-corrected chi connectivity index (χ3v) is 1.93. The first-order valence-electron chi connectivity index (χ1n) is 3.85. The molecule has 14 heavy (non-hydrogen) atoms. The van der Waals surface area contributed by atoms with Crippen molar-refractivity contribution >= 4 is 34.9 Å². The van der Waals surface area contributed by atoms with E-state index in [1.165, 1.54) is 25.3 Å². The molecule has 0 aromatic heterocycles. The SMILES string of the molecule is COC(=O)c1cc(N)cc(B(O)Cl)c1. The van der Waals surface area contributed by atoms with Gasteiger partial charge in [0.15, 0.2) is 0 Å². The maximum Gasteiger partial charge on any atom is 0.431 e. The molecule has 0 aliphatic rings. The van der Waals surface area contributed by atoms with E-state index < -0.39 is 12.3 Å². The number of rotatable bonds is 2. The molecular weight excluding hydrogens is 204 g/mol. The van der Waals surface area contributed by atoms with Crippen molar-refractivity contribution in [1.29, 1.82) is 0 Å². The van der Waals surface area contributed by atoms with Gasteiger partial charge in [0.2, 0.25) is 0 Å². The molecule has 6 heteroatoms. The lowest BCUT2D eigenvalue weighted by molar-refractivity contribution is 0.0601. The molecule has 74 valence electrons. The normalized spacial score (nSPS) is 9.64. The van der Waals surface area contributed by atoms with Gasteiger partial charge in [0.1, 0.15) is 0 Å². The fourth-order valence-corrected chi connectivity index (χ4v) is 1.18. The van der Waals surface area contributed by atoms with Crippen molar-refractivity contribution in [2.24, 2.45) is 0 Å². The first kappa shape index (κ1) is 10.9. The largest absolute Gasteiger partial charge is 0.465 e. The lowest BCUT2D eigenvalue weighted by Gasteiger charge is -2.04. The van der Waals surface area contributed by atoms with Crippen molar-refractivity contribution in [3.63, 3.8) is 0 Å². The molecule has 0 saturated heterocycles. The van der Waals surface area contributed by atoms with Crippen molar-refractivity contribution in [2.45, 2.75) is 0 Å². The van der Waals surface area contributed by atoms with Gasteiger partial charge in [0, 0.05) is 5.69 Å². The van der Waals surface area contributed by atoms with Gasteiger partial charge in [-0.2, -0.15) is 0 Å². The zero-order chi connectivity index (χ0) is 10.7. The lowest BCUT2D eigenvalue weighted by atomic mass is 9.85. The number of nitrogens with two attached hydrogens (primary N) is 1. The molecular formula is C8H9BClNO3. The standard InChI is InChI=1S/C8H9BClNO3/c1-14-8(12)5-2-6(9(10)13)4-7(11)3-5/h2-4,13H,11H2,1H3. The minimum absolute atomic E-state index is 0.266. The molecule has 0 heterocycles. The monoisotopic (exact) mass is 213 g/mol. The van der Waals surface area contributed by atoms with Gasteiger partial charge < -0.3 is 15.5 Å². The Bertz CT molecular complexity index is 356. The van der Waals surface area contributed by atoms with E-state index in [2.05, 4.69) is 4.74 Å². The molecule has 0 fully saturated rings. The Morgan fingerprint density at radius 2 is 2.21 bits per heavy atom. The lowest BCUT2D eigenvalue weighted by Crippen LogP contribution is -2.25. The van der Waals surface area contributed by atoms with Crippen LogP contribution in [-0.2, 0) is 4.74 Å². The second-order valence-electron chi connectivity index (χ2n) is 2.72. The third kappa shape index (κ3) is 2.40. The topological polar surface area (TPSA) is 72.5 Å². The number of ether oxygens (including phenoxy) is 1. The van der Waals surface area contributed by atoms with Crippen molar-refractivity contribution in [1.82, 2.24) is 0 Å². The van der Waals surface area contributed by atoms with Gasteiger partial charge in [-0.1, -0.05) is 0 Å². The van der Waals surface area contributed by atoms with Gasteiger partial charge in [-0.3, -0.25) is 0 Å². The molecule has 0 aliphatic heterocycles. The van der Waals surface area contributed by atoms with Gasteiger partial charge in [-0.05, 0) is 23.7 Å². The number of hydrogen-bond donors (Lipinski definition) is 2. The second kappa shape index (κ2) is 4.35. The molecule has 0 atom stereocenters. The van der Waals surface area contributed by atoms with Gasteiger partial charge in [-0.25, -0.2) is 4.79 Å². The number of carbonyl (C=O) groups excluding carboxylic acids is 1. The fraction of sp³-hybridized carbons (Fsp3) is 0.125. The number of nitrogen functional groups attached to an aromatic ring is 1. The van der Waals surface area contributed by atoms with Gasteiger partial charge in [0.25, 0.3) is 0 Å². The summed E-state index contributed by atoms with van der Waals surface area (Å²) in [5, 5.41) is 9.08. The number of anilines is 1. The molecule has 0 unspecified atom stereocenters. The number of carbonyl (C=O) groups is 1. The van der Waals surface area contributed by atoms with E-state index in [-0.39, 0.29) is 5.56 Å². The van der Waals surface area contributed by atoms with E-state index in [0.29, 0.717) is 11.2 Å². The van der Waals surface area contributed by atoms with Crippen LogP contribution in [0, 0.1) is 0 Å². The van der Waals surface area contributed by atoms with Crippen LogP contribution < -0.4 is 11.2 Å². The van der Waals surface area contributed by atoms with E-state index in [0.717, 1.165) is 0 Å². The van der Waals surface area contributed by atoms with Gasteiger partial charge in [-0.15, -0.1) is 11.5 Å². The summed E-state index contributed by atoms with van der Waals surface area (Å²) in [4.78, 5) is 11.1. The van der Waals surface area contributed by atoms with Crippen LogP contribution in [0.25, 0.3) is 0 Å². The van der Waals surface area contributed by atoms with Crippen LogP contribution in [-0.4, -0.2) is 24.4 Å². The summed E-state index contributed by atoms with van der Waals surface area (Å²) in [6, 6.07) is 4.37. The highest BCUT2D eigenvalue weighted by Gasteiger charge is 2.14. The molecule has 1 aromatic rings. The summed E-state index contributed by atoms with van der Waals surface area (Å²) in [6.45, 7) is 0. The second-order valence-corrected chi connectivity index (χ2v) is 3.13. The Hall–Kier alpha value is -1.20. The summed E-state index contributed by atoms with van der Waals surface area (Å²) < 4.78 is 4.51. The molecule has 1 aromatic carbocycles. The van der Waals surface area contributed by atoms with Crippen LogP contribution in [0.4, 0.5) is 5.69 Å². The molecule has 0 aliphatic carbocycles. The van der Waals surface area contributed by atoms with Gasteiger partial charge >= 0.3 is 12.3 Å². The number of hydrogen-bond acceptors (Lipinski definition) is 4. The average molecular weight is 213 g/mol. The first-order valence-corrected chi connectivity index (χ1v) is 4.29. The zero-order valence-corrected chi connectivity index (χ0v) is 8.28. The van der Waals surface area contributed by atoms with Crippen LogP contribution in [0.2, 0.25) is 0 Å². The van der Waals surface area contributed by atoms with Crippen LogP contribution in [0.1, 0.15) is 10.4 Å². The number of halogens is 1. The van der Waals surface area contributed by atoms with Gasteiger partial charge in [0.05, 0.1) is 12.7 Å². The minimum atomic E-state index is -1.18. The molecule has 0 amide bonds. The molecule has 0 spiro atoms. The Labute approximate surface area is 86.6 Å². The average Bonchev–Trinajstić information content (AvgIpc) is 2.15. The van der Waals surface area contributed by atoms with E-state index in [1.807, 2.05) is 0 Å². The first-order chi connectivity index (χ1) is 6.54. The summed E-state index contributed by atoms with van der Waals surface area (Å²) in [5.74, 6) is -0.518. The number of methoxy groups -OCH3 is 1. The van der Waals surface area contributed by atoms with Crippen LogP contribution in [0.15, 0.2) is 18.2 Å². The number of esters is 1. The van der Waals surface area contributed by atoms with Crippen molar-refractivity contribution in [2.75, 3.05) is 12.8 Å². The van der Waals surface area contributed by atoms with E-state index >= 15 is 0 Å². The highest BCUT2D eigenvalue weighted by molar-refractivity contribution is 7.10. The zero-order valence-electron chi connectivity index (χ0n) is 7.53. The molecule has 0 radical (unpaired) electrons. The number of benzene rings is 1. The van der Waals surface area contributed by atoms with E-state index in [9.17, 15) is 4.79 Å². The minimum Gasteiger partial charge on any atom is -0.465 e. The molecule has 3 N–H and O–H groups in total. The smallest absolute Gasteiger partial charge is 0.431 e. The highest BCUT2D eigenvalue weighted by atomic mass is 35.5. The predicted molar refractivity (Wildman–Crippen MR) is 55.7 cm³/mol. The maximum atomic E-state index is 11.1. The summed E-state index contributed by atoms with van der Waals surface area (Å²) in [7, 11) is 1.27. The van der Waals surface area contributed by atoms with E-state index in [1.54, 1.807) is 0 Å². The van der Waals surface area contributed by atoms with Crippen LogP contribution in [0.3, 0.4) is 0 Å². The van der Waals surface area contributed by atoms with E-state index in [4.69, 9.17) is 22.2 Å². The highest BCUT2D eigenvalue weighted by Crippen LogP contribution is 2.07. The summed E-state index contributed by atoms with van der Waals surface area (Å²) in [6.07, 6.45) is -1.18. The third-order valence-electron chi connectivity index (χ3n) is 1.67. The maximum absolute atomic E-state index is 11.1. The Morgan fingerprint density at radius 3 is 2.71 bits per heavy atom. The van der Waals surface area contributed by atoms with Crippen LogP contribution >= 0.6 is 11.5 Å². The summed E-state index contributed by atoms with van der Waals surface area (Å²) >= 11 is 5.44.